The van der Waals surface area contributed by atoms with E-state index in [0.29, 0.717) is 12.0 Å². The summed E-state index contributed by atoms with van der Waals surface area (Å²) in [5.41, 5.74) is 4.37. The minimum atomic E-state index is 0.0570. The first-order valence-corrected chi connectivity index (χ1v) is 8.97. The molecule has 2 aromatic carbocycles. The summed E-state index contributed by atoms with van der Waals surface area (Å²) in [6.45, 7) is 5.75. The van der Waals surface area contributed by atoms with Crippen molar-refractivity contribution in [1.82, 2.24) is 0 Å². The van der Waals surface area contributed by atoms with Crippen LogP contribution < -0.4 is 4.90 Å². The summed E-state index contributed by atoms with van der Waals surface area (Å²) in [6, 6.07) is 20.4. The third-order valence-corrected chi connectivity index (χ3v) is 5.90. The molecule has 0 saturated heterocycles. The summed E-state index contributed by atoms with van der Waals surface area (Å²) in [5.74, 6) is 0.581. The predicted molar refractivity (Wildman–Crippen MR) is 103 cm³/mol. The van der Waals surface area contributed by atoms with Crippen molar-refractivity contribution in [3.63, 3.8) is 0 Å². The largest absolute Gasteiger partial charge is 0.367 e. The second-order valence-corrected chi connectivity index (χ2v) is 7.23. The van der Waals surface area contributed by atoms with Crippen LogP contribution in [0.5, 0.6) is 0 Å². The van der Waals surface area contributed by atoms with Gasteiger partial charge in [0.15, 0.2) is 0 Å². The van der Waals surface area contributed by atoms with Crippen LogP contribution in [0.25, 0.3) is 0 Å². The van der Waals surface area contributed by atoms with Crippen molar-refractivity contribution in [2.75, 3.05) is 11.4 Å². The Bertz CT molecular complexity index is 774. The molecule has 0 spiro atoms. The van der Waals surface area contributed by atoms with Gasteiger partial charge in [0.1, 0.15) is 0 Å². The number of anilines is 1. The molecule has 0 saturated carbocycles. The highest BCUT2D eigenvalue weighted by Crippen LogP contribution is 2.44. The van der Waals surface area contributed by atoms with Gasteiger partial charge in [-0.2, -0.15) is 0 Å². The zero-order chi connectivity index (χ0) is 16.6. The second-order valence-electron chi connectivity index (χ2n) is 7.23. The molecule has 3 atom stereocenters. The summed E-state index contributed by atoms with van der Waals surface area (Å²) in [5, 5.41) is 0. The average molecular weight is 315 g/mol. The van der Waals surface area contributed by atoms with E-state index in [1.165, 1.54) is 16.8 Å². The van der Waals surface area contributed by atoms with E-state index in [1.54, 1.807) is 0 Å². The number of hydrogen-bond acceptors (Lipinski definition) is 1. The van der Waals surface area contributed by atoms with E-state index in [-0.39, 0.29) is 5.41 Å². The maximum absolute atomic E-state index is 2.62. The molecule has 0 N–H and O–H groups in total. The maximum atomic E-state index is 2.62. The third-order valence-electron chi connectivity index (χ3n) is 5.90. The number of fused-ring (bicyclic) bond motifs is 1. The predicted octanol–water partition coefficient (Wildman–Crippen LogP) is 5.45. The van der Waals surface area contributed by atoms with Crippen LogP contribution in [0.4, 0.5) is 5.69 Å². The molecule has 1 aliphatic carbocycles. The van der Waals surface area contributed by atoms with E-state index in [1.807, 2.05) is 0 Å². The van der Waals surface area contributed by atoms with Crippen molar-refractivity contribution in [3.05, 3.63) is 90.0 Å². The SMILES string of the molecule is C[C@H]1c2ccccc2N(CC2(c3ccccc3)C=CC=CC2)[C@H]1C. The Morgan fingerprint density at radius 1 is 0.958 bits per heavy atom. The highest BCUT2D eigenvalue weighted by atomic mass is 15.2. The Hall–Kier alpha value is -2.28. The van der Waals surface area contributed by atoms with Crippen molar-refractivity contribution < 1.29 is 0 Å². The Morgan fingerprint density at radius 3 is 2.46 bits per heavy atom. The van der Waals surface area contributed by atoms with E-state index >= 15 is 0 Å². The lowest BCUT2D eigenvalue weighted by Crippen LogP contribution is -2.43. The maximum Gasteiger partial charge on any atom is 0.0405 e. The smallest absolute Gasteiger partial charge is 0.0405 e. The molecule has 0 aromatic heterocycles. The zero-order valence-electron chi connectivity index (χ0n) is 14.5. The molecule has 2 aromatic rings. The molecular formula is C23H25N. The molecule has 1 nitrogen and oxygen atoms in total. The van der Waals surface area contributed by atoms with Crippen LogP contribution in [-0.2, 0) is 5.41 Å². The third kappa shape index (κ3) is 2.39. The van der Waals surface area contributed by atoms with E-state index in [2.05, 4.69) is 97.6 Å². The van der Waals surface area contributed by atoms with Gasteiger partial charge in [-0.15, -0.1) is 0 Å². The molecule has 0 amide bonds. The summed E-state index contributed by atoms with van der Waals surface area (Å²) in [7, 11) is 0. The Kier molecular flexibility index (Phi) is 3.80. The quantitative estimate of drug-likeness (QED) is 0.727. The molecule has 0 bridgehead atoms. The van der Waals surface area contributed by atoms with Crippen LogP contribution in [0.15, 0.2) is 78.9 Å². The molecule has 4 rings (SSSR count). The van der Waals surface area contributed by atoms with Crippen LogP contribution in [0.3, 0.4) is 0 Å². The van der Waals surface area contributed by atoms with Crippen molar-refractivity contribution in [2.45, 2.75) is 37.6 Å². The van der Waals surface area contributed by atoms with Crippen LogP contribution >= 0.6 is 0 Å². The van der Waals surface area contributed by atoms with Gasteiger partial charge in [-0.25, -0.2) is 0 Å². The number of hydrogen-bond donors (Lipinski definition) is 0. The molecule has 0 radical (unpaired) electrons. The van der Waals surface area contributed by atoms with Gasteiger partial charge in [-0.05, 0) is 30.5 Å². The number of rotatable bonds is 3. The molecule has 24 heavy (non-hydrogen) atoms. The van der Waals surface area contributed by atoms with E-state index in [0.717, 1.165) is 13.0 Å². The molecule has 1 aliphatic heterocycles. The van der Waals surface area contributed by atoms with Crippen molar-refractivity contribution in [1.29, 1.82) is 0 Å². The van der Waals surface area contributed by atoms with Gasteiger partial charge in [0.05, 0.1) is 0 Å². The first-order chi connectivity index (χ1) is 11.7. The molecular weight excluding hydrogens is 290 g/mol. The van der Waals surface area contributed by atoms with Crippen LogP contribution in [-0.4, -0.2) is 12.6 Å². The molecule has 2 aliphatic rings. The number of para-hydroxylation sites is 1. The van der Waals surface area contributed by atoms with Gasteiger partial charge in [0, 0.05) is 29.6 Å². The lowest BCUT2D eigenvalue weighted by Gasteiger charge is -2.39. The topological polar surface area (TPSA) is 3.24 Å². The van der Waals surface area contributed by atoms with Gasteiger partial charge in [0.25, 0.3) is 0 Å². The second kappa shape index (κ2) is 5.98. The summed E-state index contributed by atoms with van der Waals surface area (Å²) >= 11 is 0. The average Bonchev–Trinajstić information content (AvgIpc) is 2.88. The number of nitrogens with zero attached hydrogens (tertiary/aromatic N) is 1. The zero-order valence-corrected chi connectivity index (χ0v) is 14.5. The summed E-state index contributed by atoms with van der Waals surface area (Å²) in [6.07, 6.45) is 10.2. The lowest BCUT2D eigenvalue weighted by molar-refractivity contribution is 0.483. The number of benzene rings is 2. The van der Waals surface area contributed by atoms with Crippen LogP contribution in [0.2, 0.25) is 0 Å². The molecule has 1 unspecified atom stereocenters. The molecule has 122 valence electrons. The van der Waals surface area contributed by atoms with E-state index in [4.69, 9.17) is 0 Å². The standard InChI is InChI=1S/C23H25N/c1-18-19(2)24(22-14-8-7-13-21(18)22)17-23(15-9-4-10-16-23)20-11-5-3-6-12-20/h3-15,18-19H,16-17H2,1-2H3/t18-,19+,23?/m1/s1. The fourth-order valence-electron chi connectivity index (χ4n) is 4.27. The fraction of sp³-hybridized carbons (Fsp3) is 0.304. The Labute approximate surface area is 145 Å². The lowest BCUT2D eigenvalue weighted by atomic mass is 9.75. The van der Waals surface area contributed by atoms with Gasteiger partial charge >= 0.3 is 0 Å². The van der Waals surface area contributed by atoms with Gasteiger partial charge in [-0.3, -0.25) is 0 Å². The van der Waals surface area contributed by atoms with Gasteiger partial charge in [0.2, 0.25) is 0 Å². The first kappa shape index (κ1) is 15.3. The molecule has 0 fully saturated rings. The van der Waals surface area contributed by atoms with E-state index in [9.17, 15) is 0 Å². The monoisotopic (exact) mass is 315 g/mol. The first-order valence-electron chi connectivity index (χ1n) is 8.97. The summed E-state index contributed by atoms with van der Waals surface area (Å²) < 4.78 is 0. The fourth-order valence-corrected chi connectivity index (χ4v) is 4.27. The molecule has 1 heterocycles. The van der Waals surface area contributed by atoms with Crippen molar-refractivity contribution in [2.24, 2.45) is 0 Å². The number of allylic oxidation sites excluding steroid dienone is 3. The minimum absolute atomic E-state index is 0.0570. The van der Waals surface area contributed by atoms with Gasteiger partial charge < -0.3 is 4.90 Å². The molecule has 1 heteroatoms. The van der Waals surface area contributed by atoms with E-state index < -0.39 is 0 Å². The highest BCUT2D eigenvalue weighted by molar-refractivity contribution is 5.62. The normalized spacial score (nSPS) is 28.2. The van der Waals surface area contributed by atoms with Crippen molar-refractivity contribution >= 4 is 5.69 Å². The highest BCUT2D eigenvalue weighted by Gasteiger charge is 2.38. The van der Waals surface area contributed by atoms with Gasteiger partial charge in [-0.1, -0.05) is 79.8 Å². The summed E-state index contributed by atoms with van der Waals surface area (Å²) in [4.78, 5) is 2.62. The van der Waals surface area contributed by atoms with Crippen LogP contribution in [0.1, 0.15) is 37.3 Å². The minimum Gasteiger partial charge on any atom is -0.367 e. The van der Waals surface area contributed by atoms with Crippen molar-refractivity contribution in [3.8, 4) is 0 Å². The Balaban J connectivity index is 1.74. The Morgan fingerprint density at radius 2 is 1.71 bits per heavy atom. The van der Waals surface area contributed by atoms with Crippen LogP contribution in [0, 0.1) is 0 Å².